The summed E-state index contributed by atoms with van der Waals surface area (Å²) in [7, 11) is 0. The topological polar surface area (TPSA) is 83.5 Å². The third-order valence-corrected chi connectivity index (χ3v) is 2.93. The van der Waals surface area contributed by atoms with E-state index in [1.165, 1.54) is 19.1 Å². The van der Waals surface area contributed by atoms with Gasteiger partial charge in [0.1, 0.15) is 17.3 Å². The summed E-state index contributed by atoms with van der Waals surface area (Å²) in [4.78, 5) is 32.3. The Labute approximate surface area is 124 Å². The predicted octanol–water partition coefficient (Wildman–Crippen LogP) is 2.69. The van der Waals surface area contributed by atoms with Crippen molar-refractivity contribution in [2.75, 3.05) is 5.32 Å². The highest BCUT2D eigenvalue weighted by atomic mass is 16.3. The van der Waals surface area contributed by atoms with Crippen LogP contribution in [0.1, 0.15) is 40.0 Å². The van der Waals surface area contributed by atoms with Gasteiger partial charge in [-0.1, -0.05) is 13.8 Å². The highest BCUT2D eigenvalue weighted by Gasteiger charge is 2.31. The van der Waals surface area contributed by atoms with Crippen LogP contribution >= 0.6 is 0 Å². The van der Waals surface area contributed by atoms with Gasteiger partial charge in [-0.15, -0.1) is 0 Å². The summed E-state index contributed by atoms with van der Waals surface area (Å²) >= 11 is 0. The standard InChI is InChI=1S/C8H9NO2.C8H12O2/c1-6(10)9-7-2-4-8(11)5-3-7;1-8(2)4-6(9)3-7(10)5-8/h2-5,11H,1H3,(H,9,10);3-5H2,1-2H3. The number of carbonyl (C=O) groups excluding carboxylic acids is 3. The van der Waals surface area contributed by atoms with Gasteiger partial charge in [0.15, 0.2) is 0 Å². The molecule has 1 aromatic rings. The zero-order valence-electron chi connectivity index (χ0n) is 12.6. The van der Waals surface area contributed by atoms with E-state index in [-0.39, 0.29) is 35.1 Å². The highest BCUT2D eigenvalue weighted by molar-refractivity contribution is 6.01. The largest absolute Gasteiger partial charge is 0.508 e. The zero-order valence-corrected chi connectivity index (χ0v) is 12.6. The molecule has 1 saturated carbocycles. The highest BCUT2D eigenvalue weighted by Crippen LogP contribution is 2.30. The number of benzene rings is 1. The summed E-state index contributed by atoms with van der Waals surface area (Å²) in [6, 6.07) is 6.31. The second-order valence-electron chi connectivity index (χ2n) is 6.00. The molecule has 2 rings (SSSR count). The van der Waals surface area contributed by atoms with Crippen molar-refractivity contribution in [2.24, 2.45) is 5.41 Å². The molecule has 5 nitrogen and oxygen atoms in total. The minimum Gasteiger partial charge on any atom is -0.508 e. The van der Waals surface area contributed by atoms with E-state index in [1.807, 2.05) is 13.8 Å². The van der Waals surface area contributed by atoms with Crippen LogP contribution in [0, 0.1) is 5.41 Å². The number of carbonyl (C=O) groups is 3. The molecule has 5 heteroatoms. The number of nitrogens with one attached hydrogen (secondary N) is 1. The quantitative estimate of drug-likeness (QED) is 0.615. The molecule has 2 N–H and O–H groups in total. The second-order valence-corrected chi connectivity index (χ2v) is 6.00. The lowest BCUT2D eigenvalue weighted by molar-refractivity contribution is -0.133. The SMILES string of the molecule is CC(=O)Nc1ccc(O)cc1.CC1(C)CC(=O)CC(=O)C1. The van der Waals surface area contributed by atoms with Crippen molar-refractivity contribution in [1.82, 2.24) is 0 Å². The first-order valence-electron chi connectivity index (χ1n) is 6.78. The van der Waals surface area contributed by atoms with Crippen molar-refractivity contribution in [3.05, 3.63) is 24.3 Å². The van der Waals surface area contributed by atoms with E-state index >= 15 is 0 Å². The molecular formula is C16H21NO4. The molecule has 1 amide bonds. The van der Waals surface area contributed by atoms with Crippen LogP contribution in [0.3, 0.4) is 0 Å². The first-order chi connectivity index (χ1) is 9.68. The maximum Gasteiger partial charge on any atom is 0.221 e. The molecule has 21 heavy (non-hydrogen) atoms. The molecule has 0 unspecified atom stereocenters. The number of hydrogen-bond donors (Lipinski definition) is 2. The van der Waals surface area contributed by atoms with E-state index < -0.39 is 0 Å². The van der Waals surface area contributed by atoms with Crippen molar-refractivity contribution in [1.29, 1.82) is 0 Å². The van der Waals surface area contributed by atoms with Crippen molar-refractivity contribution in [2.45, 2.75) is 40.0 Å². The molecule has 0 saturated heterocycles. The van der Waals surface area contributed by atoms with Gasteiger partial charge >= 0.3 is 0 Å². The van der Waals surface area contributed by atoms with Gasteiger partial charge in [-0.3, -0.25) is 14.4 Å². The maximum absolute atomic E-state index is 10.9. The lowest BCUT2D eigenvalue weighted by atomic mass is 9.76. The Bertz CT molecular complexity index is 514. The number of Topliss-reactive ketones (excluding diaryl/α,β-unsaturated/α-hetero) is 2. The first kappa shape index (κ1) is 16.9. The summed E-state index contributed by atoms with van der Waals surface area (Å²) in [5, 5.41) is 11.5. The molecule has 0 aliphatic heterocycles. The average molecular weight is 291 g/mol. The number of phenolic OH excluding ortho intramolecular Hbond substituents is 1. The van der Waals surface area contributed by atoms with Crippen LogP contribution in [-0.2, 0) is 14.4 Å². The van der Waals surface area contributed by atoms with Gasteiger partial charge in [0.05, 0.1) is 6.42 Å². The Hall–Kier alpha value is -2.17. The number of anilines is 1. The number of aromatic hydroxyl groups is 1. The van der Waals surface area contributed by atoms with Crippen molar-refractivity contribution >= 4 is 23.2 Å². The van der Waals surface area contributed by atoms with Crippen LogP contribution in [-0.4, -0.2) is 22.6 Å². The first-order valence-corrected chi connectivity index (χ1v) is 6.78. The second kappa shape index (κ2) is 7.02. The summed E-state index contributed by atoms with van der Waals surface area (Å²) in [6.45, 7) is 5.36. The molecule has 0 atom stereocenters. The molecule has 0 heterocycles. The van der Waals surface area contributed by atoms with E-state index in [0.29, 0.717) is 18.5 Å². The van der Waals surface area contributed by atoms with E-state index in [1.54, 1.807) is 12.1 Å². The van der Waals surface area contributed by atoms with Gasteiger partial charge in [0, 0.05) is 25.5 Å². The van der Waals surface area contributed by atoms with Gasteiger partial charge in [-0.05, 0) is 29.7 Å². The molecule has 114 valence electrons. The van der Waals surface area contributed by atoms with Crippen LogP contribution in [0.2, 0.25) is 0 Å². The number of rotatable bonds is 1. The fourth-order valence-corrected chi connectivity index (χ4v) is 2.22. The zero-order chi connectivity index (χ0) is 16.0. The Balaban J connectivity index is 0.000000211. The third-order valence-electron chi connectivity index (χ3n) is 2.93. The van der Waals surface area contributed by atoms with E-state index in [0.717, 1.165) is 0 Å². The maximum atomic E-state index is 10.9. The Kier molecular flexibility index (Phi) is 5.64. The fraction of sp³-hybridized carbons (Fsp3) is 0.438. The van der Waals surface area contributed by atoms with Crippen molar-refractivity contribution < 1.29 is 19.5 Å². The van der Waals surface area contributed by atoms with E-state index in [2.05, 4.69) is 5.32 Å². The third kappa shape index (κ3) is 6.70. The van der Waals surface area contributed by atoms with Gasteiger partial charge in [0.2, 0.25) is 5.91 Å². The molecule has 0 bridgehead atoms. The lowest BCUT2D eigenvalue weighted by Gasteiger charge is -2.26. The number of ketones is 2. The van der Waals surface area contributed by atoms with Gasteiger partial charge in [0.25, 0.3) is 0 Å². The summed E-state index contributed by atoms with van der Waals surface area (Å²) < 4.78 is 0. The lowest BCUT2D eigenvalue weighted by Crippen LogP contribution is -2.28. The van der Waals surface area contributed by atoms with E-state index in [4.69, 9.17) is 5.11 Å². The van der Waals surface area contributed by atoms with Crippen LogP contribution < -0.4 is 5.32 Å². The van der Waals surface area contributed by atoms with Crippen LogP contribution in [0.15, 0.2) is 24.3 Å². The fourth-order valence-electron chi connectivity index (χ4n) is 2.22. The van der Waals surface area contributed by atoms with E-state index in [9.17, 15) is 14.4 Å². The molecule has 1 aliphatic carbocycles. The number of hydrogen-bond acceptors (Lipinski definition) is 4. The number of amides is 1. The van der Waals surface area contributed by atoms with Crippen molar-refractivity contribution in [3.8, 4) is 5.75 Å². The Morgan fingerprint density at radius 1 is 1.10 bits per heavy atom. The van der Waals surface area contributed by atoms with Crippen molar-refractivity contribution in [3.63, 3.8) is 0 Å². The van der Waals surface area contributed by atoms with Gasteiger partial charge < -0.3 is 10.4 Å². The minimum absolute atomic E-state index is 0.0770. The Morgan fingerprint density at radius 2 is 1.57 bits per heavy atom. The monoisotopic (exact) mass is 291 g/mol. The van der Waals surface area contributed by atoms with Gasteiger partial charge in [-0.25, -0.2) is 0 Å². The molecule has 0 spiro atoms. The molecule has 1 aromatic carbocycles. The molecular weight excluding hydrogens is 270 g/mol. The molecule has 1 fully saturated rings. The molecule has 0 radical (unpaired) electrons. The van der Waals surface area contributed by atoms with Gasteiger partial charge in [-0.2, -0.15) is 0 Å². The average Bonchev–Trinajstić information content (AvgIpc) is 2.29. The van der Waals surface area contributed by atoms with Crippen LogP contribution in [0.5, 0.6) is 5.75 Å². The summed E-state index contributed by atoms with van der Waals surface area (Å²) in [5.74, 6) is 0.275. The Morgan fingerprint density at radius 3 is 1.95 bits per heavy atom. The van der Waals surface area contributed by atoms with Crippen LogP contribution in [0.25, 0.3) is 0 Å². The summed E-state index contributed by atoms with van der Waals surface area (Å²) in [5.41, 5.74) is 0.613. The smallest absolute Gasteiger partial charge is 0.221 e. The minimum atomic E-state index is -0.115. The predicted molar refractivity (Wildman–Crippen MR) is 80.1 cm³/mol. The summed E-state index contributed by atoms with van der Waals surface area (Å²) in [6.07, 6.45) is 1.31. The molecule has 1 aliphatic rings. The molecule has 0 aromatic heterocycles. The van der Waals surface area contributed by atoms with Crippen LogP contribution in [0.4, 0.5) is 5.69 Å². The normalized spacial score (nSPS) is 16.7. The number of phenols is 1.